The van der Waals surface area contributed by atoms with Gasteiger partial charge >= 0.3 is 6.36 Å². The van der Waals surface area contributed by atoms with Crippen molar-refractivity contribution in [2.45, 2.75) is 6.36 Å². The van der Waals surface area contributed by atoms with Gasteiger partial charge in [0.2, 0.25) is 5.88 Å². The van der Waals surface area contributed by atoms with E-state index in [2.05, 4.69) is 14.5 Å². The number of alkyl halides is 3. The first-order chi connectivity index (χ1) is 6.42. The zero-order valence-corrected chi connectivity index (χ0v) is 7.13. The molecule has 0 unspecified atom stereocenters. The van der Waals surface area contributed by atoms with Crippen molar-refractivity contribution < 1.29 is 22.6 Å². The maximum atomic E-state index is 11.8. The van der Waals surface area contributed by atoms with Crippen LogP contribution in [0.25, 0.3) is 0 Å². The first kappa shape index (κ1) is 10.4. The second-order valence-corrected chi connectivity index (χ2v) is 2.31. The molecule has 0 aromatic carbocycles. The zero-order chi connectivity index (χ0) is 10.8. The summed E-state index contributed by atoms with van der Waals surface area (Å²) in [5, 5.41) is 0. The summed E-state index contributed by atoms with van der Waals surface area (Å²) in [6.07, 6.45) is -3.75. The summed E-state index contributed by atoms with van der Waals surface area (Å²) in [6, 6.07) is 0.961. The zero-order valence-electron chi connectivity index (χ0n) is 7.13. The van der Waals surface area contributed by atoms with Crippen LogP contribution in [-0.4, -0.2) is 18.5 Å². The minimum absolute atomic E-state index is 0.00144. The van der Waals surface area contributed by atoms with Gasteiger partial charge in [0.1, 0.15) is 0 Å². The summed E-state index contributed by atoms with van der Waals surface area (Å²) in [5.41, 5.74) is 5.00. The summed E-state index contributed by atoms with van der Waals surface area (Å²) < 4.78 is 43.7. The van der Waals surface area contributed by atoms with Crippen LogP contribution in [0.15, 0.2) is 12.3 Å². The highest BCUT2D eigenvalue weighted by Gasteiger charge is 2.32. The monoisotopic (exact) mass is 208 g/mol. The van der Waals surface area contributed by atoms with Crippen LogP contribution in [0.4, 0.5) is 18.9 Å². The molecular weight excluding hydrogens is 201 g/mol. The topological polar surface area (TPSA) is 57.4 Å². The van der Waals surface area contributed by atoms with E-state index in [9.17, 15) is 13.2 Å². The van der Waals surface area contributed by atoms with Gasteiger partial charge in [-0.25, -0.2) is 4.98 Å². The van der Waals surface area contributed by atoms with Crippen molar-refractivity contribution in [3.63, 3.8) is 0 Å². The van der Waals surface area contributed by atoms with E-state index in [1.165, 1.54) is 7.11 Å². The summed E-state index contributed by atoms with van der Waals surface area (Å²) in [7, 11) is 1.27. The molecule has 0 fully saturated rings. The molecule has 78 valence electrons. The van der Waals surface area contributed by atoms with Crippen molar-refractivity contribution in [2.24, 2.45) is 0 Å². The van der Waals surface area contributed by atoms with Crippen LogP contribution < -0.4 is 15.2 Å². The molecule has 1 aromatic heterocycles. The number of nitrogen functional groups attached to an aromatic ring is 1. The fourth-order valence-electron chi connectivity index (χ4n) is 0.754. The van der Waals surface area contributed by atoms with E-state index >= 15 is 0 Å². The van der Waals surface area contributed by atoms with E-state index in [0.29, 0.717) is 0 Å². The molecule has 7 heteroatoms. The molecular formula is C7H7F3N2O2. The van der Waals surface area contributed by atoms with Crippen LogP contribution in [0.2, 0.25) is 0 Å². The number of nitrogens with zero attached hydrogens (tertiary/aromatic N) is 1. The molecule has 0 bridgehead atoms. The second kappa shape index (κ2) is 3.60. The first-order valence-electron chi connectivity index (χ1n) is 3.47. The fraction of sp³-hybridized carbons (Fsp3) is 0.286. The molecule has 0 amide bonds. The number of anilines is 1. The van der Waals surface area contributed by atoms with Gasteiger partial charge in [-0.1, -0.05) is 0 Å². The van der Waals surface area contributed by atoms with Crippen LogP contribution in [-0.2, 0) is 0 Å². The van der Waals surface area contributed by atoms with E-state index < -0.39 is 12.1 Å². The first-order valence-corrected chi connectivity index (χ1v) is 3.47. The Hall–Kier alpha value is -1.66. The van der Waals surface area contributed by atoms with Gasteiger partial charge in [-0.3, -0.25) is 0 Å². The Morgan fingerprint density at radius 2 is 2.07 bits per heavy atom. The third-order valence-corrected chi connectivity index (χ3v) is 1.30. The molecule has 4 nitrogen and oxygen atoms in total. The van der Waals surface area contributed by atoms with Crippen LogP contribution in [0.1, 0.15) is 0 Å². The van der Waals surface area contributed by atoms with Gasteiger partial charge in [-0.05, 0) is 0 Å². The number of methoxy groups -OCH3 is 1. The van der Waals surface area contributed by atoms with Gasteiger partial charge in [0.25, 0.3) is 0 Å². The summed E-state index contributed by atoms with van der Waals surface area (Å²) in [5.74, 6) is -0.525. The third-order valence-electron chi connectivity index (χ3n) is 1.30. The van der Waals surface area contributed by atoms with Gasteiger partial charge in [-0.15, -0.1) is 13.2 Å². The molecule has 1 rings (SSSR count). The van der Waals surface area contributed by atoms with Crippen LogP contribution in [0, 0.1) is 0 Å². The molecule has 1 aromatic rings. The van der Waals surface area contributed by atoms with Crippen molar-refractivity contribution in [1.82, 2.24) is 4.98 Å². The van der Waals surface area contributed by atoms with E-state index in [4.69, 9.17) is 5.73 Å². The Balaban J connectivity index is 2.95. The molecule has 0 aliphatic heterocycles. The van der Waals surface area contributed by atoms with Crippen LogP contribution >= 0.6 is 0 Å². The number of aromatic nitrogens is 1. The molecule has 0 aliphatic carbocycles. The SMILES string of the molecule is COc1cc(OC(F)(F)F)c(N)cn1. The number of pyridine rings is 1. The summed E-state index contributed by atoms with van der Waals surface area (Å²) in [4.78, 5) is 3.59. The lowest BCUT2D eigenvalue weighted by Crippen LogP contribution is -2.18. The molecule has 0 aliphatic rings. The van der Waals surface area contributed by atoms with E-state index in [1.54, 1.807) is 0 Å². The fourth-order valence-corrected chi connectivity index (χ4v) is 0.754. The lowest BCUT2D eigenvalue weighted by Gasteiger charge is -2.11. The quantitative estimate of drug-likeness (QED) is 0.801. The molecule has 2 N–H and O–H groups in total. The molecule has 0 saturated carbocycles. The lowest BCUT2D eigenvalue weighted by atomic mass is 10.4. The number of hydrogen-bond donors (Lipinski definition) is 1. The average Bonchev–Trinajstić information content (AvgIpc) is 2.06. The standard InChI is InChI=1S/C7H7F3N2O2/c1-13-6-2-5(4(11)3-12-6)14-7(8,9)10/h2-3H,11H2,1H3. The highest BCUT2D eigenvalue weighted by atomic mass is 19.4. The van der Waals surface area contributed by atoms with Gasteiger partial charge in [0.15, 0.2) is 5.75 Å². The Labute approximate surface area is 77.4 Å². The molecule has 0 radical (unpaired) electrons. The molecule has 1 heterocycles. The van der Waals surface area contributed by atoms with Crippen LogP contribution in [0.3, 0.4) is 0 Å². The summed E-state index contributed by atoms with van der Waals surface area (Å²) >= 11 is 0. The largest absolute Gasteiger partial charge is 0.573 e. The smallest absolute Gasteiger partial charge is 0.481 e. The van der Waals surface area contributed by atoms with E-state index in [0.717, 1.165) is 12.3 Å². The highest BCUT2D eigenvalue weighted by molar-refractivity contribution is 5.52. The molecule has 0 spiro atoms. The lowest BCUT2D eigenvalue weighted by molar-refractivity contribution is -0.274. The number of halogens is 3. The van der Waals surface area contributed by atoms with E-state index in [-0.39, 0.29) is 11.6 Å². The minimum Gasteiger partial charge on any atom is -0.481 e. The van der Waals surface area contributed by atoms with Crippen LogP contribution in [0.5, 0.6) is 11.6 Å². The Kier molecular flexibility index (Phi) is 2.68. The second-order valence-electron chi connectivity index (χ2n) is 2.31. The van der Waals surface area contributed by atoms with Crippen molar-refractivity contribution >= 4 is 5.69 Å². The Morgan fingerprint density at radius 1 is 1.43 bits per heavy atom. The predicted molar refractivity (Wildman–Crippen MR) is 41.9 cm³/mol. The maximum absolute atomic E-state index is 11.8. The number of rotatable bonds is 2. The van der Waals surface area contributed by atoms with Gasteiger partial charge in [0.05, 0.1) is 19.0 Å². The molecule has 0 saturated heterocycles. The summed E-state index contributed by atoms with van der Waals surface area (Å²) in [6.45, 7) is 0. The minimum atomic E-state index is -4.78. The normalized spacial score (nSPS) is 11.1. The van der Waals surface area contributed by atoms with Crippen molar-refractivity contribution in [1.29, 1.82) is 0 Å². The number of hydrogen-bond acceptors (Lipinski definition) is 4. The van der Waals surface area contributed by atoms with Crippen molar-refractivity contribution in [3.8, 4) is 11.6 Å². The number of nitrogens with two attached hydrogens (primary N) is 1. The van der Waals surface area contributed by atoms with Gasteiger partial charge in [0, 0.05) is 6.07 Å². The Bertz CT molecular complexity index is 327. The van der Waals surface area contributed by atoms with Gasteiger partial charge in [-0.2, -0.15) is 0 Å². The molecule has 14 heavy (non-hydrogen) atoms. The van der Waals surface area contributed by atoms with Crippen molar-refractivity contribution in [3.05, 3.63) is 12.3 Å². The predicted octanol–water partition coefficient (Wildman–Crippen LogP) is 1.57. The Morgan fingerprint density at radius 3 is 2.57 bits per heavy atom. The third kappa shape index (κ3) is 2.68. The van der Waals surface area contributed by atoms with Gasteiger partial charge < -0.3 is 15.2 Å². The highest BCUT2D eigenvalue weighted by Crippen LogP contribution is 2.29. The number of ether oxygens (including phenoxy) is 2. The van der Waals surface area contributed by atoms with Crippen molar-refractivity contribution in [2.75, 3.05) is 12.8 Å². The molecule has 0 atom stereocenters. The average molecular weight is 208 g/mol. The maximum Gasteiger partial charge on any atom is 0.573 e. The van der Waals surface area contributed by atoms with E-state index in [1.807, 2.05) is 0 Å².